The van der Waals surface area contributed by atoms with Crippen molar-refractivity contribution >= 4 is 21.4 Å². The van der Waals surface area contributed by atoms with Gasteiger partial charge >= 0.3 is 0 Å². The Hall–Kier alpha value is -0.460. The molecule has 0 amide bonds. The van der Waals surface area contributed by atoms with E-state index in [1.807, 2.05) is 5.38 Å². The van der Waals surface area contributed by atoms with Crippen molar-refractivity contribution < 1.29 is 8.42 Å². The van der Waals surface area contributed by atoms with Crippen LogP contribution < -0.4 is 0 Å². The molecule has 0 spiro atoms. The normalized spacial score (nSPS) is 12.6. The molecular formula is C8H14N2O2S2. The maximum Gasteiger partial charge on any atom is 0.216 e. The van der Waals surface area contributed by atoms with E-state index in [2.05, 4.69) is 4.98 Å². The molecule has 0 saturated carbocycles. The van der Waals surface area contributed by atoms with E-state index < -0.39 is 10.0 Å². The third-order valence-electron chi connectivity index (χ3n) is 1.90. The molecule has 0 aromatic carbocycles. The molecule has 0 radical (unpaired) electrons. The Kier molecular flexibility index (Phi) is 3.63. The van der Waals surface area contributed by atoms with E-state index in [1.54, 1.807) is 26.4 Å². The van der Waals surface area contributed by atoms with Gasteiger partial charge < -0.3 is 0 Å². The molecule has 0 aliphatic rings. The standard InChI is InChI=1S/C8H14N2O2S2/c1-7(2)14(11,12)10(3)4-8-5-13-6-9-8/h5-7H,4H2,1-3H3. The molecule has 0 aliphatic heterocycles. The Balaban J connectivity index is 2.72. The van der Waals surface area contributed by atoms with Gasteiger partial charge in [-0.05, 0) is 13.8 Å². The first-order valence-corrected chi connectivity index (χ1v) is 6.71. The summed E-state index contributed by atoms with van der Waals surface area (Å²) in [4.78, 5) is 4.04. The Morgan fingerprint density at radius 3 is 2.64 bits per heavy atom. The van der Waals surface area contributed by atoms with Crippen molar-refractivity contribution in [1.82, 2.24) is 9.29 Å². The highest BCUT2D eigenvalue weighted by Gasteiger charge is 2.22. The number of hydrogen-bond acceptors (Lipinski definition) is 4. The minimum Gasteiger partial charge on any atom is -0.248 e. The van der Waals surface area contributed by atoms with Crippen LogP contribution in [0.3, 0.4) is 0 Å². The van der Waals surface area contributed by atoms with Crippen LogP contribution in [0.25, 0.3) is 0 Å². The second kappa shape index (κ2) is 4.37. The zero-order valence-corrected chi connectivity index (χ0v) is 10.1. The van der Waals surface area contributed by atoms with Crippen molar-refractivity contribution in [2.45, 2.75) is 25.6 Å². The molecule has 0 bridgehead atoms. The van der Waals surface area contributed by atoms with Crippen LogP contribution in [0.1, 0.15) is 19.5 Å². The number of rotatable bonds is 4. The second-order valence-electron chi connectivity index (χ2n) is 3.33. The summed E-state index contributed by atoms with van der Waals surface area (Å²) in [7, 11) is -1.58. The Bertz CT molecular complexity index is 370. The zero-order chi connectivity index (χ0) is 10.8. The molecule has 0 saturated heterocycles. The molecular weight excluding hydrogens is 220 g/mol. The van der Waals surface area contributed by atoms with Crippen molar-refractivity contribution in [3.63, 3.8) is 0 Å². The molecule has 1 heterocycles. The first kappa shape index (κ1) is 11.6. The smallest absolute Gasteiger partial charge is 0.216 e. The van der Waals surface area contributed by atoms with Crippen LogP contribution >= 0.6 is 11.3 Å². The second-order valence-corrected chi connectivity index (χ2v) is 6.64. The zero-order valence-electron chi connectivity index (χ0n) is 8.47. The van der Waals surface area contributed by atoms with Crippen molar-refractivity contribution in [1.29, 1.82) is 0 Å². The summed E-state index contributed by atoms with van der Waals surface area (Å²) in [5, 5.41) is 1.47. The quantitative estimate of drug-likeness (QED) is 0.789. The minimum atomic E-state index is -3.16. The Morgan fingerprint density at radius 1 is 1.57 bits per heavy atom. The van der Waals surface area contributed by atoms with Crippen LogP contribution in [-0.4, -0.2) is 30.0 Å². The van der Waals surface area contributed by atoms with Crippen LogP contribution in [0.4, 0.5) is 0 Å². The first-order chi connectivity index (χ1) is 6.44. The van der Waals surface area contributed by atoms with Gasteiger partial charge in [-0.25, -0.2) is 13.4 Å². The molecule has 0 atom stereocenters. The van der Waals surface area contributed by atoms with Gasteiger partial charge in [0.2, 0.25) is 10.0 Å². The third-order valence-corrected chi connectivity index (χ3v) is 4.72. The van der Waals surface area contributed by atoms with Gasteiger partial charge in [0, 0.05) is 12.4 Å². The predicted octanol–water partition coefficient (Wildman–Crippen LogP) is 1.31. The highest BCUT2D eigenvalue weighted by Crippen LogP contribution is 2.11. The molecule has 0 unspecified atom stereocenters. The SMILES string of the molecule is CC(C)S(=O)(=O)N(C)Cc1cscn1. The van der Waals surface area contributed by atoms with Gasteiger partial charge in [0.05, 0.1) is 23.0 Å². The third kappa shape index (κ3) is 2.52. The van der Waals surface area contributed by atoms with Gasteiger partial charge in [0.1, 0.15) is 0 Å². The highest BCUT2D eigenvalue weighted by molar-refractivity contribution is 7.89. The summed E-state index contributed by atoms with van der Waals surface area (Å²) in [6.45, 7) is 3.70. The number of hydrogen-bond donors (Lipinski definition) is 0. The summed E-state index contributed by atoms with van der Waals surface area (Å²) < 4.78 is 24.7. The first-order valence-electron chi connectivity index (χ1n) is 4.27. The van der Waals surface area contributed by atoms with Crippen LogP contribution in [0, 0.1) is 0 Å². The van der Waals surface area contributed by atoms with E-state index in [4.69, 9.17) is 0 Å². The van der Waals surface area contributed by atoms with E-state index in [-0.39, 0.29) is 5.25 Å². The molecule has 6 heteroatoms. The molecule has 1 aromatic rings. The maximum atomic E-state index is 11.7. The average molecular weight is 234 g/mol. The van der Waals surface area contributed by atoms with E-state index >= 15 is 0 Å². The van der Waals surface area contributed by atoms with E-state index in [9.17, 15) is 8.42 Å². The van der Waals surface area contributed by atoms with Gasteiger partial charge in [-0.1, -0.05) is 0 Å². The molecule has 1 aromatic heterocycles. The molecule has 4 nitrogen and oxygen atoms in total. The summed E-state index contributed by atoms with van der Waals surface area (Å²) in [5.74, 6) is 0. The lowest BCUT2D eigenvalue weighted by atomic mass is 10.5. The summed E-state index contributed by atoms with van der Waals surface area (Å²) in [5.41, 5.74) is 2.49. The fourth-order valence-corrected chi connectivity index (χ4v) is 2.58. The minimum absolute atomic E-state index is 0.351. The van der Waals surface area contributed by atoms with Crippen LogP contribution in [0.15, 0.2) is 10.9 Å². The van der Waals surface area contributed by atoms with Crippen LogP contribution in [-0.2, 0) is 16.6 Å². The van der Waals surface area contributed by atoms with Gasteiger partial charge in [-0.3, -0.25) is 0 Å². The summed E-state index contributed by atoms with van der Waals surface area (Å²) >= 11 is 1.47. The van der Waals surface area contributed by atoms with Crippen molar-refractivity contribution in [3.8, 4) is 0 Å². The molecule has 0 aliphatic carbocycles. The average Bonchev–Trinajstić information content (AvgIpc) is 2.56. The Labute approximate surface area is 88.6 Å². The maximum absolute atomic E-state index is 11.7. The molecule has 80 valence electrons. The fraction of sp³-hybridized carbons (Fsp3) is 0.625. The van der Waals surface area contributed by atoms with Gasteiger partial charge in [-0.15, -0.1) is 11.3 Å². The fourth-order valence-electron chi connectivity index (χ4n) is 0.994. The lowest BCUT2D eigenvalue weighted by Crippen LogP contribution is -2.32. The molecule has 14 heavy (non-hydrogen) atoms. The summed E-state index contributed by atoms with van der Waals surface area (Å²) in [6, 6.07) is 0. The Morgan fingerprint density at radius 2 is 2.21 bits per heavy atom. The topological polar surface area (TPSA) is 50.3 Å². The highest BCUT2D eigenvalue weighted by atomic mass is 32.2. The summed E-state index contributed by atoms with van der Waals surface area (Å²) in [6.07, 6.45) is 0. The largest absolute Gasteiger partial charge is 0.248 e. The predicted molar refractivity (Wildman–Crippen MR) is 57.6 cm³/mol. The van der Waals surface area contributed by atoms with E-state index in [0.717, 1.165) is 5.69 Å². The number of thiazole rings is 1. The number of sulfonamides is 1. The van der Waals surface area contributed by atoms with Gasteiger partial charge in [0.15, 0.2) is 0 Å². The van der Waals surface area contributed by atoms with Gasteiger partial charge in [0.25, 0.3) is 0 Å². The van der Waals surface area contributed by atoms with E-state index in [1.165, 1.54) is 15.6 Å². The van der Waals surface area contributed by atoms with Crippen molar-refractivity contribution in [3.05, 3.63) is 16.6 Å². The van der Waals surface area contributed by atoms with Crippen molar-refractivity contribution in [2.24, 2.45) is 0 Å². The molecule has 1 rings (SSSR count). The monoisotopic (exact) mass is 234 g/mol. The van der Waals surface area contributed by atoms with E-state index in [0.29, 0.717) is 6.54 Å². The van der Waals surface area contributed by atoms with Gasteiger partial charge in [-0.2, -0.15) is 4.31 Å². The lowest BCUT2D eigenvalue weighted by Gasteiger charge is -2.18. The number of aromatic nitrogens is 1. The number of nitrogens with zero attached hydrogens (tertiary/aromatic N) is 2. The van der Waals surface area contributed by atoms with Crippen molar-refractivity contribution in [2.75, 3.05) is 7.05 Å². The lowest BCUT2D eigenvalue weighted by molar-refractivity contribution is 0.456. The van der Waals surface area contributed by atoms with Crippen LogP contribution in [0.2, 0.25) is 0 Å². The molecule has 0 fully saturated rings. The van der Waals surface area contributed by atoms with Crippen LogP contribution in [0.5, 0.6) is 0 Å². The molecule has 0 N–H and O–H groups in total.